The molecule has 1 amide bonds. The van der Waals surface area contributed by atoms with Crippen molar-refractivity contribution in [3.8, 4) is 11.4 Å². The van der Waals surface area contributed by atoms with Crippen LogP contribution in [0.25, 0.3) is 11.4 Å². The summed E-state index contributed by atoms with van der Waals surface area (Å²) in [6, 6.07) is 14.6. The van der Waals surface area contributed by atoms with Gasteiger partial charge in [-0.3, -0.25) is 4.79 Å². The molecule has 0 radical (unpaired) electrons. The number of para-hydroxylation sites is 2. The Hall–Kier alpha value is -2.51. The van der Waals surface area contributed by atoms with Crippen LogP contribution in [-0.2, 0) is 11.3 Å². The number of rotatable bonds is 6. The van der Waals surface area contributed by atoms with Gasteiger partial charge in [0.05, 0.1) is 16.5 Å². The number of carbonyl (C=O) groups excluding carboxylic acids is 1. The van der Waals surface area contributed by atoms with Gasteiger partial charge in [0, 0.05) is 17.8 Å². The summed E-state index contributed by atoms with van der Waals surface area (Å²) in [5.74, 6) is 0.738. The summed E-state index contributed by atoms with van der Waals surface area (Å²) in [4.78, 5) is 12.2. The second-order valence-electron chi connectivity index (χ2n) is 5.45. The average molecular weight is 388 g/mol. The average Bonchev–Trinajstić information content (AvgIpc) is 3.05. The minimum absolute atomic E-state index is 0.158. The number of aromatic nitrogens is 3. The van der Waals surface area contributed by atoms with Crippen molar-refractivity contribution in [3.05, 3.63) is 53.6 Å². The van der Waals surface area contributed by atoms with Crippen LogP contribution in [0.4, 0.5) is 11.4 Å². The molecule has 0 atom stereocenters. The molecule has 0 fully saturated rings. The normalized spacial score (nSPS) is 10.7. The van der Waals surface area contributed by atoms with Crippen molar-refractivity contribution in [2.24, 2.45) is 0 Å². The lowest BCUT2D eigenvalue weighted by Crippen LogP contribution is -2.15. The zero-order valence-electron chi connectivity index (χ0n) is 14.1. The minimum Gasteiger partial charge on any atom is -0.398 e. The number of nitrogens with two attached hydrogens (primary N) is 1. The van der Waals surface area contributed by atoms with Crippen molar-refractivity contribution in [3.63, 3.8) is 0 Å². The number of nitrogens with one attached hydrogen (secondary N) is 1. The Labute approximate surface area is 160 Å². The molecule has 6 nitrogen and oxygen atoms in total. The van der Waals surface area contributed by atoms with Gasteiger partial charge in [0.25, 0.3) is 0 Å². The van der Waals surface area contributed by atoms with Gasteiger partial charge in [-0.15, -0.1) is 10.2 Å². The molecule has 0 unspecified atom stereocenters. The van der Waals surface area contributed by atoms with Crippen molar-refractivity contribution in [2.75, 3.05) is 16.8 Å². The van der Waals surface area contributed by atoms with Gasteiger partial charge in [0.2, 0.25) is 5.91 Å². The topological polar surface area (TPSA) is 85.8 Å². The summed E-state index contributed by atoms with van der Waals surface area (Å²) >= 11 is 7.38. The quantitative estimate of drug-likeness (QED) is 0.494. The lowest BCUT2D eigenvalue weighted by atomic mass is 10.1. The molecular weight excluding hydrogens is 370 g/mol. The monoisotopic (exact) mass is 387 g/mol. The fourth-order valence-electron chi connectivity index (χ4n) is 2.46. The van der Waals surface area contributed by atoms with Crippen molar-refractivity contribution >= 4 is 40.6 Å². The maximum atomic E-state index is 12.2. The lowest BCUT2D eigenvalue weighted by Gasteiger charge is -2.09. The Morgan fingerprint density at radius 2 is 1.92 bits per heavy atom. The summed E-state index contributed by atoms with van der Waals surface area (Å²) in [5.41, 5.74) is 8.10. The first-order valence-corrected chi connectivity index (χ1v) is 9.41. The van der Waals surface area contributed by atoms with Gasteiger partial charge < -0.3 is 15.6 Å². The van der Waals surface area contributed by atoms with Crippen LogP contribution in [0.5, 0.6) is 0 Å². The Balaban J connectivity index is 1.72. The summed E-state index contributed by atoms with van der Waals surface area (Å²) in [6.07, 6.45) is 0. The Kier molecular flexibility index (Phi) is 5.80. The molecule has 0 bridgehead atoms. The van der Waals surface area contributed by atoms with E-state index in [4.69, 9.17) is 17.3 Å². The third-order valence-electron chi connectivity index (χ3n) is 3.72. The van der Waals surface area contributed by atoms with Crippen LogP contribution in [0.15, 0.2) is 53.7 Å². The number of nitrogens with zero attached hydrogens (tertiary/aromatic N) is 3. The molecule has 3 N–H and O–H groups in total. The molecular formula is C18H18ClN5OS. The lowest BCUT2D eigenvalue weighted by molar-refractivity contribution is -0.113. The van der Waals surface area contributed by atoms with Crippen LogP contribution in [0.1, 0.15) is 6.92 Å². The first-order valence-electron chi connectivity index (χ1n) is 8.05. The van der Waals surface area contributed by atoms with E-state index in [1.54, 1.807) is 12.1 Å². The third-order valence-corrected chi connectivity index (χ3v) is 5.01. The van der Waals surface area contributed by atoms with Gasteiger partial charge in [-0.1, -0.05) is 47.6 Å². The van der Waals surface area contributed by atoms with E-state index in [2.05, 4.69) is 15.5 Å². The molecule has 0 aliphatic heterocycles. The fraction of sp³-hybridized carbons (Fsp3) is 0.167. The third kappa shape index (κ3) is 4.00. The highest BCUT2D eigenvalue weighted by Crippen LogP contribution is 2.28. The molecule has 3 rings (SSSR count). The molecule has 2 aromatic carbocycles. The highest BCUT2D eigenvalue weighted by molar-refractivity contribution is 7.99. The van der Waals surface area contributed by atoms with Crippen LogP contribution in [0.3, 0.4) is 0 Å². The summed E-state index contributed by atoms with van der Waals surface area (Å²) in [5, 5.41) is 12.4. The summed E-state index contributed by atoms with van der Waals surface area (Å²) < 4.78 is 1.94. The van der Waals surface area contributed by atoms with Crippen LogP contribution in [0, 0.1) is 0 Å². The molecule has 8 heteroatoms. The van der Waals surface area contributed by atoms with E-state index >= 15 is 0 Å². The van der Waals surface area contributed by atoms with Gasteiger partial charge in [0.1, 0.15) is 0 Å². The van der Waals surface area contributed by atoms with Crippen molar-refractivity contribution in [1.82, 2.24) is 14.8 Å². The molecule has 0 spiro atoms. The molecule has 0 aliphatic carbocycles. The predicted molar refractivity (Wildman–Crippen MR) is 106 cm³/mol. The van der Waals surface area contributed by atoms with E-state index < -0.39 is 0 Å². The molecule has 26 heavy (non-hydrogen) atoms. The number of halogens is 1. The second kappa shape index (κ2) is 8.25. The van der Waals surface area contributed by atoms with Gasteiger partial charge in [-0.2, -0.15) is 0 Å². The molecule has 0 saturated heterocycles. The van der Waals surface area contributed by atoms with E-state index in [9.17, 15) is 4.79 Å². The van der Waals surface area contributed by atoms with E-state index in [1.807, 2.05) is 47.9 Å². The van der Waals surface area contributed by atoms with E-state index in [0.29, 0.717) is 33.9 Å². The van der Waals surface area contributed by atoms with Crippen LogP contribution < -0.4 is 11.1 Å². The van der Waals surface area contributed by atoms with Gasteiger partial charge in [-0.05, 0) is 31.2 Å². The van der Waals surface area contributed by atoms with E-state index in [0.717, 1.165) is 5.56 Å². The largest absolute Gasteiger partial charge is 0.398 e. The number of carbonyl (C=O) groups is 1. The van der Waals surface area contributed by atoms with E-state index in [-0.39, 0.29) is 11.7 Å². The summed E-state index contributed by atoms with van der Waals surface area (Å²) in [6.45, 7) is 2.67. The van der Waals surface area contributed by atoms with Crippen molar-refractivity contribution in [2.45, 2.75) is 18.6 Å². The number of thioether (sulfide) groups is 1. The zero-order valence-corrected chi connectivity index (χ0v) is 15.7. The fourth-order valence-corrected chi connectivity index (χ4v) is 3.44. The number of hydrogen-bond acceptors (Lipinski definition) is 5. The highest BCUT2D eigenvalue weighted by atomic mass is 35.5. The van der Waals surface area contributed by atoms with Crippen LogP contribution >= 0.6 is 23.4 Å². The zero-order chi connectivity index (χ0) is 18.5. The van der Waals surface area contributed by atoms with Crippen LogP contribution in [-0.4, -0.2) is 26.4 Å². The number of nitrogen functional groups attached to an aromatic ring is 1. The molecule has 1 aromatic heterocycles. The standard InChI is InChI=1S/C18H18ClN5OS/c1-2-24-17(12-7-3-5-9-14(12)20)22-23-18(24)26-11-16(25)21-15-10-6-4-8-13(15)19/h3-10H,2,11,20H2,1H3,(H,21,25). The smallest absolute Gasteiger partial charge is 0.234 e. The van der Waals surface area contributed by atoms with Crippen molar-refractivity contribution in [1.29, 1.82) is 0 Å². The second-order valence-corrected chi connectivity index (χ2v) is 6.80. The molecule has 0 saturated carbocycles. The van der Waals surface area contributed by atoms with Gasteiger partial charge in [0.15, 0.2) is 11.0 Å². The first-order chi connectivity index (χ1) is 12.6. The van der Waals surface area contributed by atoms with E-state index in [1.165, 1.54) is 11.8 Å². The maximum Gasteiger partial charge on any atom is 0.234 e. The minimum atomic E-state index is -0.158. The molecule has 0 aliphatic rings. The number of amides is 1. The van der Waals surface area contributed by atoms with Gasteiger partial charge in [-0.25, -0.2) is 0 Å². The SMILES string of the molecule is CCn1c(SCC(=O)Nc2ccccc2Cl)nnc1-c1ccccc1N. The van der Waals surface area contributed by atoms with Crippen molar-refractivity contribution < 1.29 is 4.79 Å². The summed E-state index contributed by atoms with van der Waals surface area (Å²) in [7, 11) is 0. The Bertz CT molecular complexity index is 927. The maximum absolute atomic E-state index is 12.2. The molecule has 134 valence electrons. The molecule has 3 aromatic rings. The number of anilines is 2. The van der Waals surface area contributed by atoms with Crippen LogP contribution in [0.2, 0.25) is 5.02 Å². The van der Waals surface area contributed by atoms with Gasteiger partial charge >= 0.3 is 0 Å². The molecule has 1 heterocycles. The first kappa shape index (κ1) is 18.3. The highest BCUT2D eigenvalue weighted by Gasteiger charge is 2.16. The Morgan fingerprint density at radius 3 is 2.65 bits per heavy atom. The Morgan fingerprint density at radius 1 is 1.19 bits per heavy atom. The predicted octanol–water partition coefficient (Wildman–Crippen LogP) is 3.93. The number of hydrogen-bond donors (Lipinski definition) is 2. The number of benzene rings is 2.